The largest absolute Gasteiger partial charge is 0.317 e. The zero-order valence-corrected chi connectivity index (χ0v) is 11.3. The van der Waals surface area contributed by atoms with Crippen LogP contribution < -0.4 is 5.32 Å². The summed E-state index contributed by atoms with van der Waals surface area (Å²) in [6.07, 6.45) is 8.50. The van der Waals surface area contributed by atoms with Crippen LogP contribution in [0.4, 0.5) is 0 Å². The second-order valence-corrected chi connectivity index (χ2v) is 7.24. The monoisotopic (exact) mass is 241 g/mol. The summed E-state index contributed by atoms with van der Waals surface area (Å²) in [6.45, 7) is 2.31. The number of hydrogen-bond acceptors (Lipinski definition) is 1. The quantitative estimate of drug-likeness (QED) is 0.747. The zero-order valence-electron chi connectivity index (χ0n) is 10.5. The van der Waals surface area contributed by atoms with E-state index in [4.69, 9.17) is 11.6 Å². The SMILES string of the molecule is CN[C@H](C)CC12C[C@@H]3CC(C[C@@H](C3)C1)[C@H]2Cl. The number of alkyl halides is 1. The lowest BCUT2D eigenvalue weighted by Crippen LogP contribution is -2.55. The van der Waals surface area contributed by atoms with Crippen molar-refractivity contribution in [2.45, 2.75) is 56.9 Å². The van der Waals surface area contributed by atoms with Gasteiger partial charge in [0.25, 0.3) is 0 Å². The molecule has 4 bridgehead atoms. The molecule has 0 radical (unpaired) electrons. The van der Waals surface area contributed by atoms with Crippen LogP contribution in [0, 0.1) is 23.2 Å². The van der Waals surface area contributed by atoms with Crippen LogP contribution in [0.5, 0.6) is 0 Å². The maximum Gasteiger partial charge on any atom is 0.0421 e. The molecule has 0 saturated heterocycles. The van der Waals surface area contributed by atoms with E-state index in [9.17, 15) is 0 Å². The second-order valence-electron chi connectivity index (χ2n) is 6.77. The number of nitrogens with one attached hydrogen (secondary N) is 1. The first-order valence-electron chi connectivity index (χ1n) is 6.94. The van der Waals surface area contributed by atoms with Crippen LogP contribution >= 0.6 is 11.6 Å². The molecule has 0 aromatic rings. The molecule has 0 spiro atoms. The molecule has 0 aromatic carbocycles. The molecule has 4 fully saturated rings. The Morgan fingerprint density at radius 1 is 1.25 bits per heavy atom. The van der Waals surface area contributed by atoms with E-state index in [0.29, 0.717) is 16.8 Å². The molecule has 92 valence electrons. The second kappa shape index (κ2) is 3.88. The molecule has 2 heteroatoms. The molecular weight excluding hydrogens is 218 g/mol. The van der Waals surface area contributed by atoms with E-state index in [0.717, 1.165) is 17.8 Å². The highest BCUT2D eigenvalue weighted by molar-refractivity contribution is 6.21. The highest BCUT2D eigenvalue weighted by atomic mass is 35.5. The highest BCUT2D eigenvalue weighted by Gasteiger charge is 2.56. The third-order valence-corrected chi connectivity index (χ3v) is 6.35. The molecule has 1 nitrogen and oxygen atoms in total. The molecule has 4 aliphatic carbocycles. The van der Waals surface area contributed by atoms with Gasteiger partial charge in [-0.1, -0.05) is 0 Å². The van der Waals surface area contributed by atoms with E-state index < -0.39 is 0 Å². The molecule has 4 aliphatic rings. The van der Waals surface area contributed by atoms with E-state index in [2.05, 4.69) is 19.3 Å². The van der Waals surface area contributed by atoms with Gasteiger partial charge in [-0.05, 0) is 75.7 Å². The van der Waals surface area contributed by atoms with Crippen LogP contribution in [-0.2, 0) is 0 Å². The topological polar surface area (TPSA) is 12.0 Å². The normalized spacial score (nSPS) is 51.9. The van der Waals surface area contributed by atoms with E-state index in [1.54, 1.807) is 0 Å². The van der Waals surface area contributed by atoms with Crippen LogP contribution in [0.2, 0.25) is 0 Å². The molecule has 1 N–H and O–H groups in total. The molecular formula is C14H24ClN. The maximum absolute atomic E-state index is 6.80. The number of halogens is 1. The van der Waals surface area contributed by atoms with Gasteiger partial charge in [-0.2, -0.15) is 0 Å². The van der Waals surface area contributed by atoms with Gasteiger partial charge in [-0.15, -0.1) is 11.6 Å². The van der Waals surface area contributed by atoms with Gasteiger partial charge in [-0.3, -0.25) is 0 Å². The molecule has 0 amide bonds. The summed E-state index contributed by atoms with van der Waals surface area (Å²) in [5.74, 6) is 2.87. The summed E-state index contributed by atoms with van der Waals surface area (Å²) in [5, 5.41) is 3.87. The molecule has 16 heavy (non-hydrogen) atoms. The Kier molecular flexibility index (Phi) is 2.75. The first-order valence-corrected chi connectivity index (χ1v) is 7.38. The van der Waals surface area contributed by atoms with Crippen LogP contribution in [-0.4, -0.2) is 18.5 Å². The standard InChI is InChI=1S/C14H24ClN/c1-9(16-2)6-14-7-10-3-11(8-14)5-12(4-10)13(14)15/h9-13,16H,3-8H2,1-2H3/t9-,10-,11+,12?,13-,14?/m1/s1. The predicted octanol–water partition coefficient (Wildman–Crippen LogP) is 3.42. The van der Waals surface area contributed by atoms with Crippen LogP contribution in [0.25, 0.3) is 0 Å². The van der Waals surface area contributed by atoms with Gasteiger partial charge in [0.1, 0.15) is 0 Å². The smallest absolute Gasteiger partial charge is 0.0421 e. The fraction of sp³-hybridized carbons (Fsp3) is 1.00. The van der Waals surface area contributed by atoms with Crippen LogP contribution in [0.3, 0.4) is 0 Å². The lowest BCUT2D eigenvalue weighted by Gasteiger charge is -2.60. The van der Waals surface area contributed by atoms with Gasteiger partial charge in [0.2, 0.25) is 0 Å². The Morgan fingerprint density at radius 2 is 1.88 bits per heavy atom. The van der Waals surface area contributed by atoms with Crippen molar-refractivity contribution >= 4 is 11.6 Å². The van der Waals surface area contributed by atoms with Gasteiger partial charge in [-0.25, -0.2) is 0 Å². The molecule has 0 heterocycles. The third kappa shape index (κ3) is 1.62. The summed E-state index contributed by atoms with van der Waals surface area (Å²) in [4.78, 5) is 0. The molecule has 0 aromatic heterocycles. The lowest BCUT2D eigenvalue weighted by atomic mass is 9.48. The van der Waals surface area contributed by atoms with Crippen molar-refractivity contribution in [2.75, 3.05) is 7.05 Å². The number of hydrogen-bond donors (Lipinski definition) is 1. The molecule has 4 saturated carbocycles. The Labute approximate surface area is 104 Å². The van der Waals surface area contributed by atoms with Gasteiger partial charge in [0.05, 0.1) is 0 Å². The molecule has 0 aliphatic heterocycles. The first-order chi connectivity index (χ1) is 7.63. The minimum absolute atomic E-state index is 0.469. The summed E-state index contributed by atoms with van der Waals surface area (Å²) >= 11 is 6.80. The van der Waals surface area contributed by atoms with Crippen LogP contribution in [0.1, 0.15) is 45.4 Å². The Balaban J connectivity index is 1.82. The van der Waals surface area contributed by atoms with Gasteiger partial charge >= 0.3 is 0 Å². The van der Waals surface area contributed by atoms with Crippen LogP contribution in [0.15, 0.2) is 0 Å². The molecule has 6 atom stereocenters. The van der Waals surface area contributed by atoms with Crippen molar-refractivity contribution in [3.05, 3.63) is 0 Å². The average molecular weight is 242 g/mol. The van der Waals surface area contributed by atoms with E-state index in [-0.39, 0.29) is 0 Å². The summed E-state index contributed by atoms with van der Waals surface area (Å²) < 4.78 is 0. The van der Waals surface area contributed by atoms with Crippen molar-refractivity contribution in [2.24, 2.45) is 23.2 Å². The van der Waals surface area contributed by atoms with Crippen molar-refractivity contribution in [1.82, 2.24) is 5.32 Å². The summed E-state index contributed by atoms with van der Waals surface area (Å²) in [5.41, 5.74) is 0.485. The fourth-order valence-corrected chi connectivity index (χ4v) is 5.61. The minimum atomic E-state index is 0.469. The van der Waals surface area contributed by atoms with E-state index in [1.807, 2.05) is 0 Å². The van der Waals surface area contributed by atoms with Crippen molar-refractivity contribution in [3.63, 3.8) is 0 Å². The van der Waals surface area contributed by atoms with Gasteiger partial charge < -0.3 is 5.32 Å². The van der Waals surface area contributed by atoms with Crippen molar-refractivity contribution in [3.8, 4) is 0 Å². The lowest BCUT2D eigenvalue weighted by molar-refractivity contribution is -0.0558. The average Bonchev–Trinajstić information content (AvgIpc) is 2.24. The molecule has 2 unspecified atom stereocenters. The Bertz CT molecular complexity index is 264. The van der Waals surface area contributed by atoms with Crippen molar-refractivity contribution in [1.29, 1.82) is 0 Å². The third-order valence-electron chi connectivity index (χ3n) is 5.53. The Hall–Kier alpha value is 0.250. The summed E-state index contributed by atoms with van der Waals surface area (Å²) in [6, 6.07) is 0.623. The Morgan fingerprint density at radius 3 is 2.44 bits per heavy atom. The van der Waals surface area contributed by atoms with Crippen molar-refractivity contribution < 1.29 is 0 Å². The fourth-order valence-electron chi connectivity index (χ4n) is 5.14. The van der Waals surface area contributed by atoms with E-state index >= 15 is 0 Å². The molecule has 4 rings (SSSR count). The maximum atomic E-state index is 6.80. The summed E-state index contributed by atoms with van der Waals surface area (Å²) in [7, 11) is 2.08. The van der Waals surface area contributed by atoms with E-state index in [1.165, 1.54) is 38.5 Å². The predicted molar refractivity (Wildman–Crippen MR) is 68.8 cm³/mol. The highest BCUT2D eigenvalue weighted by Crippen LogP contribution is 2.63. The first kappa shape index (κ1) is 11.3. The zero-order chi connectivity index (χ0) is 11.3. The van der Waals surface area contributed by atoms with Gasteiger partial charge in [0, 0.05) is 11.4 Å². The number of rotatable bonds is 3. The van der Waals surface area contributed by atoms with Gasteiger partial charge in [0.15, 0.2) is 0 Å². The minimum Gasteiger partial charge on any atom is -0.317 e.